The molecule has 0 aliphatic heterocycles. The molecule has 0 radical (unpaired) electrons. The normalized spacial score (nSPS) is 12.3. The van der Waals surface area contributed by atoms with Gasteiger partial charge in [0.25, 0.3) is 0 Å². The van der Waals surface area contributed by atoms with Crippen molar-refractivity contribution >= 4 is 91.5 Å². The van der Waals surface area contributed by atoms with Gasteiger partial charge in [-0.1, -0.05) is 121 Å². The molecule has 0 atom stereocenters. The van der Waals surface area contributed by atoms with Crippen molar-refractivity contribution in [3.05, 3.63) is 158 Å². The van der Waals surface area contributed by atoms with E-state index in [0.717, 1.165) is 37.9 Å². The summed E-state index contributed by atoms with van der Waals surface area (Å²) in [4.78, 5) is 10.9. The van der Waals surface area contributed by atoms with Crippen LogP contribution in [0.3, 0.4) is 0 Å². The van der Waals surface area contributed by atoms with Crippen LogP contribution in [0, 0.1) is 0 Å². The molecule has 0 spiro atoms. The summed E-state index contributed by atoms with van der Waals surface area (Å²) < 4.78 is 7.12. The molecular weight excluding hydrogens is 641 g/mol. The summed E-state index contributed by atoms with van der Waals surface area (Å²) >= 11 is 1.77. The Morgan fingerprint density at radius 2 is 1.08 bits per heavy atom. The van der Waals surface area contributed by atoms with E-state index >= 15 is 0 Å². The van der Waals surface area contributed by atoms with E-state index in [-0.39, 0.29) is 0 Å². The Labute approximate surface area is 295 Å². The van der Waals surface area contributed by atoms with Gasteiger partial charge in [0.05, 0.1) is 43.5 Å². The maximum absolute atomic E-state index is 5.48. The van der Waals surface area contributed by atoms with Crippen LogP contribution in [-0.4, -0.2) is 18.9 Å². The van der Waals surface area contributed by atoms with Gasteiger partial charge in [0.15, 0.2) is 0 Å². The van der Waals surface area contributed by atoms with Crippen molar-refractivity contribution in [2.45, 2.75) is 0 Å². The van der Waals surface area contributed by atoms with Crippen LogP contribution in [0.1, 0.15) is 0 Å². The van der Waals surface area contributed by atoms with Crippen molar-refractivity contribution < 1.29 is 0 Å². The van der Waals surface area contributed by atoms with Gasteiger partial charge in [-0.15, -0.1) is 11.3 Å². The highest BCUT2D eigenvalue weighted by molar-refractivity contribution is 7.26. The van der Waals surface area contributed by atoms with E-state index in [2.05, 4.69) is 167 Å². The highest BCUT2D eigenvalue weighted by atomic mass is 32.1. The molecule has 0 aliphatic rings. The number of benzene rings is 7. The first kappa shape index (κ1) is 27.3. The average Bonchev–Trinajstić information content (AvgIpc) is 3.93. The summed E-state index contributed by atoms with van der Waals surface area (Å²) in [5.74, 6) is 0.685. The molecule has 0 bridgehead atoms. The summed E-state index contributed by atoms with van der Waals surface area (Å²) in [6.07, 6.45) is 0. The highest BCUT2D eigenvalue weighted by Gasteiger charge is 2.26. The Bertz CT molecular complexity index is 3350. The number of aromatic nitrogens is 4. The third-order valence-corrected chi connectivity index (χ3v) is 11.8. The van der Waals surface area contributed by atoms with E-state index < -0.39 is 0 Å². The molecule has 0 N–H and O–H groups in total. The number of hydrogen-bond acceptors (Lipinski definition) is 3. The van der Waals surface area contributed by atoms with E-state index in [4.69, 9.17) is 9.97 Å². The molecule has 0 aliphatic carbocycles. The zero-order valence-corrected chi connectivity index (χ0v) is 28.0. The first-order valence-corrected chi connectivity index (χ1v) is 18.1. The van der Waals surface area contributed by atoms with Crippen molar-refractivity contribution in [2.24, 2.45) is 0 Å². The van der Waals surface area contributed by atoms with Crippen molar-refractivity contribution in [3.63, 3.8) is 0 Å². The molecule has 5 heteroatoms. The lowest BCUT2D eigenvalue weighted by Crippen LogP contribution is -2.03. The van der Waals surface area contributed by atoms with Gasteiger partial charge in [-0.3, -0.25) is 4.57 Å². The van der Waals surface area contributed by atoms with E-state index in [1.54, 1.807) is 11.3 Å². The molecule has 12 aromatic rings. The number of fused-ring (bicyclic) bond motifs is 13. The van der Waals surface area contributed by atoms with Crippen LogP contribution < -0.4 is 0 Å². The molecule has 7 aromatic carbocycles. The number of para-hydroxylation sites is 2. The average molecular weight is 667 g/mol. The van der Waals surface area contributed by atoms with E-state index in [1.165, 1.54) is 64.7 Å². The first-order chi connectivity index (χ1) is 25.3. The fourth-order valence-corrected chi connectivity index (χ4v) is 9.65. The largest absolute Gasteiger partial charge is 0.308 e. The molecule has 12 rings (SSSR count). The summed E-state index contributed by atoms with van der Waals surface area (Å²) in [6.45, 7) is 0. The highest BCUT2D eigenvalue weighted by Crippen LogP contribution is 2.47. The van der Waals surface area contributed by atoms with Crippen LogP contribution in [0.5, 0.6) is 0 Å². The smallest absolute Gasteiger partial charge is 0.235 e. The summed E-state index contributed by atoms with van der Waals surface area (Å²) in [7, 11) is 0. The van der Waals surface area contributed by atoms with Crippen molar-refractivity contribution in [2.75, 3.05) is 0 Å². The van der Waals surface area contributed by atoms with Crippen LogP contribution in [-0.2, 0) is 0 Å². The van der Waals surface area contributed by atoms with Gasteiger partial charge in [-0.05, 0) is 47.5 Å². The van der Waals surface area contributed by atoms with Gasteiger partial charge in [0.1, 0.15) is 0 Å². The van der Waals surface area contributed by atoms with Crippen molar-refractivity contribution in [3.8, 4) is 28.3 Å². The Morgan fingerprint density at radius 1 is 0.431 bits per heavy atom. The third-order valence-electron chi connectivity index (χ3n) is 10.7. The molecule has 5 heterocycles. The van der Waals surface area contributed by atoms with Crippen LogP contribution in [0.4, 0.5) is 0 Å². The Balaban J connectivity index is 1.28. The van der Waals surface area contributed by atoms with E-state index in [1.807, 2.05) is 0 Å². The Hall–Kier alpha value is -6.56. The zero-order valence-electron chi connectivity index (χ0n) is 27.2. The zero-order chi connectivity index (χ0) is 33.2. The maximum Gasteiger partial charge on any atom is 0.235 e. The second kappa shape index (κ2) is 10.0. The van der Waals surface area contributed by atoms with Gasteiger partial charge in [0, 0.05) is 48.0 Å². The minimum absolute atomic E-state index is 0.685. The molecule has 0 fully saturated rings. The number of nitrogens with zero attached hydrogens (tertiary/aromatic N) is 4. The van der Waals surface area contributed by atoms with Crippen molar-refractivity contribution in [1.82, 2.24) is 18.9 Å². The maximum atomic E-state index is 5.48. The lowest BCUT2D eigenvalue weighted by Gasteiger charge is -2.11. The minimum atomic E-state index is 0.685. The molecular formula is C46H26N4S. The minimum Gasteiger partial charge on any atom is -0.308 e. The van der Waals surface area contributed by atoms with Gasteiger partial charge in [-0.2, -0.15) is 0 Å². The first-order valence-electron chi connectivity index (χ1n) is 17.3. The van der Waals surface area contributed by atoms with Crippen LogP contribution in [0.25, 0.3) is 109 Å². The van der Waals surface area contributed by atoms with E-state index in [0.29, 0.717) is 5.95 Å². The molecule has 4 nitrogen and oxygen atoms in total. The van der Waals surface area contributed by atoms with Gasteiger partial charge in [-0.25, -0.2) is 9.97 Å². The Morgan fingerprint density at radius 3 is 1.90 bits per heavy atom. The molecule has 0 unspecified atom stereocenters. The van der Waals surface area contributed by atoms with Crippen LogP contribution >= 0.6 is 11.3 Å². The quantitative estimate of drug-likeness (QED) is 0.188. The second-order valence-corrected chi connectivity index (χ2v) is 14.4. The summed E-state index contributed by atoms with van der Waals surface area (Å²) in [5.41, 5.74) is 11.4. The van der Waals surface area contributed by atoms with Gasteiger partial charge >= 0.3 is 0 Å². The van der Waals surface area contributed by atoms with E-state index in [9.17, 15) is 0 Å². The monoisotopic (exact) mass is 666 g/mol. The molecule has 0 saturated carbocycles. The predicted octanol–water partition coefficient (Wildman–Crippen LogP) is 12.4. The number of thiophene rings is 1. The third kappa shape index (κ3) is 3.63. The second-order valence-electron chi connectivity index (χ2n) is 13.4. The molecule has 51 heavy (non-hydrogen) atoms. The summed E-state index contributed by atoms with van der Waals surface area (Å²) in [6, 6.07) is 56.7. The Kier molecular flexibility index (Phi) is 5.35. The van der Waals surface area contributed by atoms with Gasteiger partial charge in [0.2, 0.25) is 5.95 Å². The SMILES string of the molecule is c1ccc(-c2ccc3c(c2)c2cc4c5ccccc5n(-c5nc(-c6ccccc6)c6sc7ccccc7c6n5)c4c4c5ccccc5n3c24)cc1. The lowest BCUT2D eigenvalue weighted by atomic mass is 10.00. The predicted molar refractivity (Wildman–Crippen MR) is 215 cm³/mol. The standard InChI is InChI=1S/C46H26N4S/c1-3-13-27(14-4-1)29-23-24-38-33(25-29)35-26-34-30-17-7-10-20-36(30)50(44(34)40-31-18-8-11-21-37(31)49(38)43(35)40)46-47-41(28-15-5-2-6-16-28)45-42(48-46)32-19-9-12-22-39(32)51-45/h1-26H. The summed E-state index contributed by atoms with van der Waals surface area (Å²) in [5, 5.41) is 8.53. The lowest BCUT2D eigenvalue weighted by molar-refractivity contribution is 1.02. The number of rotatable bonds is 3. The fourth-order valence-electron chi connectivity index (χ4n) is 8.50. The molecule has 0 saturated heterocycles. The molecule has 5 aromatic heterocycles. The number of hydrogen-bond donors (Lipinski definition) is 0. The van der Waals surface area contributed by atoms with Gasteiger partial charge < -0.3 is 4.40 Å². The molecule has 236 valence electrons. The fraction of sp³-hybridized carbons (Fsp3) is 0. The molecule has 0 amide bonds. The van der Waals surface area contributed by atoms with Crippen LogP contribution in [0.15, 0.2) is 158 Å². The topological polar surface area (TPSA) is 35.1 Å². The van der Waals surface area contributed by atoms with Crippen LogP contribution in [0.2, 0.25) is 0 Å². The van der Waals surface area contributed by atoms with Crippen molar-refractivity contribution in [1.29, 1.82) is 0 Å².